The van der Waals surface area contributed by atoms with E-state index >= 15 is 0 Å². The predicted molar refractivity (Wildman–Crippen MR) is 107 cm³/mol. The van der Waals surface area contributed by atoms with E-state index in [0.29, 0.717) is 4.88 Å². The number of rotatable bonds is 6. The minimum Gasteiger partial charge on any atom is -0.342 e. The first-order valence-corrected chi connectivity index (χ1v) is 10.2. The molecule has 0 saturated heterocycles. The lowest BCUT2D eigenvalue weighted by Gasteiger charge is -2.19. The van der Waals surface area contributed by atoms with Crippen molar-refractivity contribution < 1.29 is 9.59 Å². The molecule has 1 aliphatic carbocycles. The molecule has 4 nitrogen and oxygen atoms in total. The smallest absolute Gasteiger partial charge is 0.261 e. The Bertz CT molecular complexity index is 797. The number of carbonyl (C=O) groups is 2. The van der Waals surface area contributed by atoms with Gasteiger partial charge in [0.25, 0.3) is 5.91 Å². The average molecular weight is 371 g/mol. The van der Waals surface area contributed by atoms with Crippen molar-refractivity contribution in [3.8, 4) is 0 Å². The molecule has 1 atom stereocenters. The minimum atomic E-state index is -0.202. The normalized spacial score (nSPS) is 16.0. The quantitative estimate of drug-likeness (QED) is 0.801. The van der Waals surface area contributed by atoms with Gasteiger partial charge in [-0.1, -0.05) is 38.5 Å². The van der Waals surface area contributed by atoms with Gasteiger partial charge < -0.3 is 10.6 Å². The van der Waals surface area contributed by atoms with Gasteiger partial charge in [0, 0.05) is 10.6 Å². The Balaban J connectivity index is 1.56. The number of benzene rings is 1. The Morgan fingerprint density at radius 3 is 2.81 bits per heavy atom. The Kier molecular flexibility index (Phi) is 6.09. The highest BCUT2D eigenvalue weighted by Crippen LogP contribution is 2.33. The van der Waals surface area contributed by atoms with Crippen molar-refractivity contribution in [2.24, 2.45) is 5.92 Å². The predicted octanol–water partition coefficient (Wildman–Crippen LogP) is 4.19. The number of anilines is 1. The molecule has 2 N–H and O–H groups in total. The molecule has 3 rings (SSSR count). The Morgan fingerprint density at radius 2 is 2.04 bits per heavy atom. The van der Waals surface area contributed by atoms with Crippen LogP contribution in [-0.2, 0) is 24.1 Å². The third kappa shape index (κ3) is 4.33. The lowest BCUT2D eigenvalue weighted by atomic mass is 9.87. The SMILES string of the molecule is CCc1ccccc1NC(=O)CNC(=O)c1cc2c(s1)CC[C@H](CC)C2. The molecule has 0 bridgehead atoms. The number of amides is 2. The van der Waals surface area contributed by atoms with Gasteiger partial charge in [-0.3, -0.25) is 9.59 Å². The number of nitrogens with one attached hydrogen (secondary N) is 2. The third-order valence-electron chi connectivity index (χ3n) is 5.07. The molecule has 0 spiro atoms. The van der Waals surface area contributed by atoms with E-state index < -0.39 is 0 Å². The first-order valence-electron chi connectivity index (χ1n) is 9.38. The summed E-state index contributed by atoms with van der Waals surface area (Å²) >= 11 is 1.57. The van der Waals surface area contributed by atoms with E-state index in [0.717, 1.165) is 36.4 Å². The molecular weight excluding hydrogens is 344 g/mol. The van der Waals surface area contributed by atoms with Crippen molar-refractivity contribution in [2.75, 3.05) is 11.9 Å². The summed E-state index contributed by atoms with van der Waals surface area (Å²) < 4.78 is 0. The van der Waals surface area contributed by atoms with Crippen LogP contribution < -0.4 is 10.6 Å². The fraction of sp³-hybridized carbons (Fsp3) is 0.429. The van der Waals surface area contributed by atoms with Crippen LogP contribution in [0.1, 0.15) is 52.4 Å². The van der Waals surface area contributed by atoms with Crippen LogP contribution in [0.2, 0.25) is 0 Å². The molecule has 2 aromatic rings. The van der Waals surface area contributed by atoms with Gasteiger partial charge in [-0.05, 0) is 54.9 Å². The van der Waals surface area contributed by atoms with Gasteiger partial charge in [-0.25, -0.2) is 0 Å². The Hall–Kier alpha value is -2.14. The molecule has 138 valence electrons. The number of carbonyl (C=O) groups excluding carboxylic acids is 2. The van der Waals surface area contributed by atoms with Gasteiger partial charge in [-0.15, -0.1) is 11.3 Å². The number of hydrogen-bond acceptors (Lipinski definition) is 3. The molecule has 1 aromatic heterocycles. The number of thiophene rings is 1. The standard InChI is InChI=1S/C21H26N2O2S/c1-3-14-9-10-18-16(11-14)12-19(26-18)21(25)22-13-20(24)23-17-8-6-5-7-15(17)4-2/h5-8,12,14H,3-4,9-11,13H2,1-2H3,(H,22,25)(H,23,24)/t14-/m0/s1. The first-order chi connectivity index (χ1) is 12.6. The van der Waals surface area contributed by atoms with E-state index in [4.69, 9.17) is 0 Å². The van der Waals surface area contributed by atoms with Crippen molar-refractivity contribution in [3.63, 3.8) is 0 Å². The van der Waals surface area contributed by atoms with E-state index in [9.17, 15) is 9.59 Å². The second-order valence-electron chi connectivity index (χ2n) is 6.82. The second-order valence-corrected chi connectivity index (χ2v) is 7.95. The summed E-state index contributed by atoms with van der Waals surface area (Å²) in [6.07, 6.45) is 5.40. The zero-order chi connectivity index (χ0) is 18.5. The van der Waals surface area contributed by atoms with E-state index in [1.165, 1.54) is 23.3 Å². The lowest BCUT2D eigenvalue weighted by molar-refractivity contribution is -0.115. The highest BCUT2D eigenvalue weighted by Gasteiger charge is 2.22. The number of fused-ring (bicyclic) bond motifs is 1. The molecule has 0 aliphatic heterocycles. The summed E-state index contributed by atoms with van der Waals surface area (Å²) in [6, 6.07) is 9.75. The van der Waals surface area contributed by atoms with Gasteiger partial charge in [0.1, 0.15) is 0 Å². The fourth-order valence-corrected chi connectivity index (χ4v) is 4.58. The molecule has 0 fully saturated rings. The highest BCUT2D eigenvalue weighted by molar-refractivity contribution is 7.14. The van der Waals surface area contributed by atoms with Gasteiger partial charge in [0.15, 0.2) is 0 Å². The van der Waals surface area contributed by atoms with Crippen LogP contribution in [0.5, 0.6) is 0 Å². The number of aryl methyl sites for hydroxylation is 2. The van der Waals surface area contributed by atoms with E-state index in [1.807, 2.05) is 30.3 Å². The maximum atomic E-state index is 12.4. The van der Waals surface area contributed by atoms with Gasteiger partial charge in [0.05, 0.1) is 11.4 Å². The summed E-state index contributed by atoms with van der Waals surface area (Å²) in [4.78, 5) is 26.6. The summed E-state index contributed by atoms with van der Waals surface area (Å²) in [5.41, 5.74) is 3.22. The molecule has 0 saturated carbocycles. The monoisotopic (exact) mass is 370 g/mol. The fourth-order valence-electron chi connectivity index (χ4n) is 3.45. The number of hydrogen-bond donors (Lipinski definition) is 2. The molecule has 26 heavy (non-hydrogen) atoms. The van der Waals surface area contributed by atoms with Crippen molar-refractivity contribution in [2.45, 2.75) is 46.0 Å². The zero-order valence-corrected chi connectivity index (χ0v) is 16.2. The lowest BCUT2D eigenvalue weighted by Crippen LogP contribution is -2.32. The zero-order valence-electron chi connectivity index (χ0n) is 15.4. The van der Waals surface area contributed by atoms with Crippen LogP contribution >= 0.6 is 11.3 Å². The maximum absolute atomic E-state index is 12.4. The largest absolute Gasteiger partial charge is 0.342 e. The number of para-hydroxylation sites is 1. The van der Waals surface area contributed by atoms with Gasteiger partial charge in [-0.2, -0.15) is 0 Å². The van der Waals surface area contributed by atoms with Crippen LogP contribution in [0.15, 0.2) is 30.3 Å². The Morgan fingerprint density at radius 1 is 1.23 bits per heavy atom. The highest BCUT2D eigenvalue weighted by atomic mass is 32.1. The van der Waals surface area contributed by atoms with Crippen LogP contribution in [0.25, 0.3) is 0 Å². The van der Waals surface area contributed by atoms with Gasteiger partial charge in [0.2, 0.25) is 5.91 Å². The van der Waals surface area contributed by atoms with Crippen LogP contribution in [0.4, 0.5) is 5.69 Å². The van der Waals surface area contributed by atoms with Gasteiger partial charge >= 0.3 is 0 Å². The molecule has 0 radical (unpaired) electrons. The van der Waals surface area contributed by atoms with Crippen LogP contribution in [0, 0.1) is 5.92 Å². The minimum absolute atomic E-state index is 0.0168. The van der Waals surface area contributed by atoms with E-state index in [-0.39, 0.29) is 18.4 Å². The molecule has 0 unspecified atom stereocenters. The van der Waals surface area contributed by atoms with Crippen LogP contribution in [-0.4, -0.2) is 18.4 Å². The van der Waals surface area contributed by atoms with E-state index in [1.54, 1.807) is 11.3 Å². The van der Waals surface area contributed by atoms with Crippen molar-refractivity contribution in [3.05, 3.63) is 51.2 Å². The topological polar surface area (TPSA) is 58.2 Å². The van der Waals surface area contributed by atoms with Crippen molar-refractivity contribution in [1.82, 2.24) is 5.32 Å². The summed E-state index contributed by atoms with van der Waals surface area (Å²) in [7, 11) is 0. The molecule has 1 aromatic carbocycles. The molecule has 1 aliphatic rings. The first kappa shape index (κ1) is 18.6. The molecule has 5 heteroatoms. The summed E-state index contributed by atoms with van der Waals surface area (Å²) in [5.74, 6) is 0.375. The molecule has 1 heterocycles. The third-order valence-corrected chi connectivity index (χ3v) is 6.30. The van der Waals surface area contributed by atoms with Crippen molar-refractivity contribution in [1.29, 1.82) is 0 Å². The van der Waals surface area contributed by atoms with E-state index in [2.05, 4.69) is 24.5 Å². The Labute approximate surface area is 159 Å². The average Bonchev–Trinajstić information content (AvgIpc) is 3.09. The second kappa shape index (κ2) is 8.49. The molecule has 2 amide bonds. The molecular formula is C21H26N2O2S. The summed E-state index contributed by atoms with van der Waals surface area (Å²) in [6.45, 7) is 4.26. The van der Waals surface area contributed by atoms with Crippen molar-refractivity contribution >= 4 is 28.8 Å². The van der Waals surface area contributed by atoms with Crippen LogP contribution in [0.3, 0.4) is 0 Å². The maximum Gasteiger partial charge on any atom is 0.261 e. The summed E-state index contributed by atoms with van der Waals surface area (Å²) in [5, 5.41) is 5.63.